The minimum Gasteiger partial charge on any atom is -0.297 e. The molecule has 0 saturated carbocycles. The topological polar surface area (TPSA) is 3.24 Å². The van der Waals surface area contributed by atoms with Crippen LogP contribution in [-0.2, 0) is 6.54 Å². The third-order valence-electron chi connectivity index (χ3n) is 2.23. The molecule has 0 fully saturated rings. The van der Waals surface area contributed by atoms with Crippen molar-refractivity contribution >= 4 is 38.9 Å². The summed E-state index contributed by atoms with van der Waals surface area (Å²) in [4.78, 5) is 3.83. The Hall–Kier alpha value is 0.430. The van der Waals surface area contributed by atoms with Crippen molar-refractivity contribution in [3.8, 4) is 0 Å². The molecule has 0 aliphatic carbocycles. The van der Waals surface area contributed by atoms with Crippen LogP contribution in [0.15, 0.2) is 15.9 Å². The van der Waals surface area contributed by atoms with E-state index < -0.39 is 0 Å². The van der Waals surface area contributed by atoms with Crippen LogP contribution < -0.4 is 0 Å². The normalized spacial score (nSPS) is 11.2. The van der Waals surface area contributed by atoms with Crippen LogP contribution in [0.2, 0.25) is 0 Å². The summed E-state index contributed by atoms with van der Waals surface area (Å²) in [6.45, 7) is 5.39. The van der Waals surface area contributed by atoms with Gasteiger partial charge in [-0.1, -0.05) is 13.3 Å². The van der Waals surface area contributed by atoms with Crippen molar-refractivity contribution in [1.82, 2.24) is 4.90 Å². The van der Waals surface area contributed by atoms with Gasteiger partial charge in [-0.15, -0.1) is 22.9 Å². The molecule has 0 amide bonds. The lowest BCUT2D eigenvalue weighted by molar-refractivity contribution is 0.279. The second-order valence-corrected chi connectivity index (χ2v) is 5.84. The summed E-state index contributed by atoms with van der Waals surface area (Å²) in [7, 11) is 0. The second-order valence-electron chi connectivity index (χ2n) is 3.55. The minimum absolute atomic E-state index is 0.719. The van der Waals surface area contributed by atoms with Crippen molar-refractivity contribution in [2.75, 3.05) is 19.0 Å². The molecule has 86 valence electrons. The number of unbranched alkanes of at least 4 members (excludes halogenated alkanes) is 1. The van der Waals surface area contributed by atoms with E-state index in [0.29, 0.717) is 0 Å². The van der Waals surface area contributed by atoms with Crippen LogP contribution in [0.5, 0.6) is 0 Å². The van der Waals surface area contributed by atoms with Gasteiger partial charge in [0.2, 0.25) is 0 Å². The van der Waals surface area contributed by atoms with Gasteiger partial charge in [-0.25, -0.2) is 0 Å². The monoisotopic (exact) mass is 309 g/mol. The van der Waals surface area contributed by atoms with Gasteiger partial charge < -0.3 is 0 Å². The molecule has 0 unspecified atom stereocenters. The Morgan fingerprint density at radius 3 is 2.80 bits per heavy atom. The first-order valence-corrected chi connectivity index (χ1v) is 7.48. The Bertz CT molecular complexity index is 277. The third-order valence-corrected chi connectivity index (χ3v) is 4.08. The lowest BCUT2D eigenvalue weighted by Crippen LogP contribution is -2.26. The van der Waals surface area contributed by atoms with Gasteiger partial charge in [0.05, 0.1) is 0 Å². The molecule has 0 bridgehead atoms. The number of nitrogens with zero attached hydrogens (tertiary/aromatic N) is 1. The van der Waals surface area contributed by atoms with Gasteiger partial charge in [-0.3, -0.25) is 4.90 Å². The molecule has 1 nitrogen and oxygen atoms in total. The summed E-state index contributed by atoms with van der Waals surface area (Å²) in [5, 5.41) is 2.13. The van der Waals surface area contributed by atoms with E-state index in [1.807, 2.05) is 0 Å². The average molecular weight is 311 g/mol. The summed E-state index contributed by atoms with van der Waals surface area (Å²) in [5.41, 5.74) is 0. The molecule has 4 heteroatoms. The van der Waals surface area contributed by atoms with E-state index in [0.717, 1.165) is 25.5 Å². The summed E-state index contributed by atoms with van der Waals surface area (Å²) < 4.78 is 1.18. The highest BCUT2D eigenvalue weighted by atomic mass is 79.9. The molecule has 1 aromatic heterocycles. The van der Waals surface area contributed by atoms with Crippen LogP contribution in [0.1, 0.15) is 24.6 Å². The Kier molecular flexibility index (Phi) is 6.89. The quantitative estimate of drug-likeness (QED) is 0.677. The Balaban J connectivity index is 2.42. The largest absolute Gasteiger partial charge is 0.297 e. The molecule has 1 rings (SSSR count). The van der Waals surface area contributed by atoms with E-state index in [-0.39, 0.29) is 0 Å². The van der Waals surface area contributed by atoms with Gasteiger partial charge in [0.15, 0.2) is 0 Å². The highest BCUT2D eigenvalue weighted by molar-refractivity contribution is 9.10. The van der Waals surface area contributed by atoms with Crippen LogP contribution >= 0.6 is 38.9 Å². The molecule has 0 N–H and O–H groups in total. The predicted molar refractivity (Wildman–Crippen MR) is 72.9 cm³/mol. The van der Waals surface area contributed by atoms with Gasteiger partial charge in [0.1, 0.15) is 0 Å². The summed E-state index contributed by atoms with van der Waals surface area (Å²) in [6, 6.07) is 2.19. The fraction of sp³-hybridized carbons (Fsp3) is 0.636. The maximum absolute atomic E-state index is 5.80. The number of hydrogen-bond donors (Lipinski definition) is 0. The van der Waals surface area contributed by atoms with E-state index in [1.54, 1.807) is 11.3 Å². The zero-order valence-corrected chi connectivity index (χ0v) is 12.2. The molecule has 15 heavy (non-hydrogen) atoms. The Labute approximate surface area is 110 Å². The minimum atomic E-state index is 0.719. The maximum atomic E-state index is 5.80. The summed E-state index contributed by atoms with van der Waals surface area (Å²) in [5.74, 6) is 0.719. The molecule has 0 atom stereocenters. The number of thiophene rings is 1. The molecular formula is C11H17BrClNS. The molecule has 0 aromatic carbocycles. The number of alkyl halides is 1. The average Bonchev–Trinajstić information content (AvgIpc) is 2.61. The van der Waals surface area contributed by atoms with E-state index in [1.165, 1.54) is 22.2 Å². The SMILES string of the molecule is CCCCN(CCCl)Cc1cc(Br)cs1. The zero-order valence-electron chi connectivity index (χ0n) is 9.01. The van der Waals surface area contributed by atoms with Crippen LogP contribution in [0.25, 0.3) is 0 Å². The van der Waals surface area contributed by atoms with Crippen molar-refractivity contribution in [2.45, 2.75) is 26.3 Å². The number of hydrogen-bond acceptors (Lipinski definition) is 2. The molecule has 0 spiro atoms. The molecule has 0 aliphatic rings. The lowest BCUT2D eigenvalue weighted by Gasteiger charge is -2.19. The highest BCUT2D eigenvalue weighted by Crippen LogP contribution is 2.21. The van der Waals surface area contributed by atoms with Crippen LogP contribution in [0.4, 0.5) is 0 Å². The van der Waals surface area contributed by atoms with Gasteiger partial charge in [0, 0.05) is 33.7 Å². The Morgan fingerprint density at radius 2 is 2.27 bits per heavy atom. The van der Waals surface area contributed by atoms with Crippen molar-refractivity contribution < 1.29 is 0 Å². The zero-order chi connectivity index (χ0) is 11.1. The van der Waals surface area contributed by atoms with Crippen LogP contribution in [0.3, 0.4) is 0 Å². The van der Waals surface area contributed by atoms with E-state index in [9.17, 15) is 0 Å². The van der Waals surface area contributed by atoms with E-state index >= 15 is 0 Å². The van der Waals surface area contributed by atoms with Gasteiger partial charge in [0.25, 0.3) is 0 Å². The first-order chi connectivity index (χ1) is 7.26. The van der Waals surface area contributed by atoms with Crippen molar-refractivity contribution in [2.24, 2.45) is 0 Å². The fourth-order valence-electron chi connectivity index (χ4n) is 1.43. The van der Waals surface area contributed by atoms with Gasteiger partial charge in [-0.05, 0) is 35.0 Å². The standard InChI is InChI=1S/C11H17BrClNS/c1-2-3-5-14(6-4-13)8-11-7-10(12)9-15-11/h7,9H,2-6,8H2,1H3. The highest BCUT2D eigenvalue weighted by Gasteiger charge is 2.06. The molecular weight excluding hydrogens is 294 g/mol. The van der Waals surface area contributed by atoms with Crippen molar-refractivity contribution in [3.05, 3.63) is 20.8 Å². The Morgan fingerprint density at radius 1 is 1.47 bits per heavy atom. The molecule has 0 radical (unpaired) electrons. The molecule has 1 aromatic rings. The van der Waals surface area contributed by atoms with Gasteiger partial charge >= 0.3 is 0 Å². The second kappa shape index (κ2) is 7.66. The molecule has 0 saturated heterocycles. The fourth-order valence-corrected chi connectivity index (χ4v) is 3.16. The summed E-state index contributed by atoms with van der Waals surface area (Å²) in [6.07, 6.45) is 2.50. The predicted octanol–water partition coefficient (Wildman–Crippen LogP) is 4.35. The van der Waals surface area contributed by atoms with E-state index in [4.69, 9.17) is 11.6 Å². The third kappa shape index (κ3) is 5.34. The first-order valence-electron chi connectivity index (χ1n) is 5.27. The van der Waals surface area contributed by atoms with Crippen molar-refractivity contribution in [1.29, 1.82) is 0 Å². The number of rotatable bonds is 7. The van der Waals surface area contributed by atoms with Crippen LogP contribution in [0, 0.1) is 0 Å². The van der Waals surface area contributed by atoms with Crippen molar-refractivity contribution in [3.63, 3.8) is 0 Å². The smallest absolute Gasteiger partial charge is 0.0351 e. The molecule has 0 aliphatic heterocycles. The maximum Gasteiger partial charge on any atom is 0.0351 e. The lowest BCUT2D eigenvalue weighted by atomic mass is 10.3. The summed E-state index contributed by atoms with van der Waals surface area (Å²) >= 11 is 11.1. The van der Waals surface area contributed by atoms with Crippen LogP contribution in [-0.4, -0.2) is 23.9 Å². The van der Waals surface area contributed by atoms with Gasteiger partial charge in [-0.2, -0.15) is 0 Å². The number of halogens is 2. The first kappa shape index (κ1) is 13.5. The molecule has 1 heterocycles. The van der Waals surface area contributed by atoms with E-state index in [2.05, 4.69) is 39.2 Å².